The Morgan fingerprint density at radius 2 is 1.93 bits per heavy atom. The van der Waals surface area contributed by atoms with Crippen LogP contribution in [0.1, 0.15) is 51.0 Å². The van der Waals surface area contributed by atoms with Crippen LogP contribution in [0.2, 0.25) is 0 Å². The summed E-state index contributed by atoms with van der Waals surface area (Å²) >= 11 is 0. The van der Waals surface area contributed by atoms with Crippen LogP contribution < -0.4 is 16.0 Å². The average Bonchev–Trinajstić information content (AvgIpc) is 3.10. The number of amides is 2. The van der Waals surface area contributed by atoms with Gasteiger partial charge >= 0.3 is 0 Å². The minimum atomic E-state index is -0.851. The van der Waals surface area contributed by atoms with Gasteiger partial charge in [-0.25, -0.2) is 0 Å². The van der Waals surface area contributed by atoms with Gasteiger partial charge in [0.05, 0.1) is 18.1 Å². The lowest BCUT2D eigenvalue weighted by molar-refractivity contribution is -0.134. The minimum Gasteiger partial charge on any atom is -0.376 e. The minimum absolute atomic E-state index is 0.0518. The summed E-state index contributed by atoms with van der Waals surface area (Å²) < 4.78 is 0. The van der Waals surface area contributed by atoms with Crippen molar-refractivity contribution < 1.29 is 14.7 Å². The highest BCUT2D eigenvalue weighted by molar-refractivity contribution is 5.83. The summed E-state index contributed by atoms with van der Waals surface area (Å²) in [6.07, 6.45) is 4.05. The lowest BCUT2D eigenvalue weighted by Gasteiger charge is -2.36. The molecule has 1 aromatic carbocycles. The number of carbonyl (C=O) groups is 2. The van der Waals surface area contributed by atoms with Crippen LogP contribution in [-0.2, 0) is 16.1 Å². The summed E-state index contributed by atoms with van der Waals surface area (Å²) in [5.74, 6) is -0.147. The Balaban J connectivity index is 1.65. The topological polar surface area (TPSA) is 93.7 Å². The van der Waals surface area contributed by atoms with Crippen LogP contribution in [-0.4, -0.2) is 59.3 Å². The molecule has 4 N–H and O–H groups in total. The third-order valence-corrected chi connectivity index (χ3v) is 6.29. The molecule has 3 rings (SSSR count). The van der Waals surface area contributed by atoms with Crippen molar-refractivity contribution in [2.75, 3.05) is 7.05 Å². The van der Waals surface area contributed by atoms with Gasteiger partial charge in [-0.05, 0) is 51.1 Å². The first-order valence-corrected chi connectivity index (χ1v) is 10.8. The van der Waals surface area contributed by atoms with Crippen LogP contribution in [0.3, 0.4) is 0 Å². The van der Waals surface area contributed by atoms with Crippen molar-refractivity contribution in [3.05, 3.63) is 35.9 Å². The molecule has 2 amide bonds. The molecule has 7 heteroatoms. The van der Waals surface area contributed by atoms with E-state index in [1.807, 2.05) is 42.2 Å². The van der Waals surface area contributed by atoms with Gasteiger partial charge < -0.3 is 21.1 Å². The summed E-state index contributed by atoms with van der Waals surface area (Å²) in [5, 5.41) is 20.1. The van der Waals surface area contributed by atoms with Gasteiger partial charge in [-0.1, -0.05) is 37.3 Å². The molecule has 0 saturated carbocycles. The Bertz CT molecular complexity index is 680. The summed E-state index contributed by atoms with van der Waals surface area (Å²) in [6, 6.07) is 9.01. The van der Waals surface area contributed by atoms with Crippen LogP contribution in [0, 0.1) is 0 Å². The highest BCUT2D eigenvalue weighted by atomic mass is 16.3. The first-order valence-electron chi connectivity index (χ1n) is 10.8. The van der Waals surface area contributed by atoms with Crippen LogP contribution >= 0.6 is 0 Å². The Morgan fingerprint density at radius 1 is 1.17 bits per heavy atom. The molecule has 0 bridgehead atoms. The third kappa shape index (κ3) is 5.15. The predicted octanol–water partition coefficient (Wildman–Crippen LogP) is 1.12. The number of aliphatic hydroxyl groups is 1. The van der Waals surface area contributed by atoms with E-state index in [9.17, 15) is 14.7 Å². The zero-order chi connectivity index (χ0) is 20.8. The SMILES string of the molecule is CC[C@H](NC)C(=O)N[C@H]1CCC[C@H]2CC[C@@H](C(=O)NCc3ccccc3)N2[C@@H]1O. The Hall–Kier alpha value is -1.96. The molecule has 0 spiro atoms. The zero-order valence-electron chi connectivity index (χ0n) is 17.4. The summed E-state index contributed by atoms with van der Waals surface area (Å²) in [4.78, 5) is 27.4. The second kappa shape index (κ2) is 10.2. The van der Waals surface area contributed by atoms with Gasteiger partial charge in [0.1, 0.15) is 6.23 Å². The number of hydrogen-bond acceptors (Lipinski definition) is 5. The fraction of sp³-hybridized carbons (Fsp3) is 0.636. The molecule has 160 valence electrons. The Kier molecular flexibility index (Phi) is 7.64. The number of hydrogen-bond donors (Lipinski definition) is 4. The lowest BCUT2D eigenvalue weighted by atomic mass is 10.0. The molecule has 2 heterocycles. The van der Waals surface area contributed by atoms with E-state index in [-0.39, 0.29) is 36.0 Å². The normalized spacial score (nSPS) is 28.2. The van der Waals surface area contributed by atoms with Gasteiger partial charge in [-0.2, -0.15) is 0 Å². The standard InChI is InChI=1S/C22H34N4O3/c1-3-17(23-2)20(27)25-18-11-7-10-16-12-13-19(26(16)22(18)29)21(28)24-14-15-8-5-4-6-9-15/h4-6,8-9,16-19,22-23,29H,3,7,10-14H2,1-2H3,(H,24,28)(H,25,27)/t16-,17-,18-,19-,22+/m0/s1. The molecule has 2 aliphatic heterocycles. The van der Waals surface area contributed by atoms with Crippen LogP contribution in [0.25, 0.3) is 0 Å². The van der Waals surface area contributed by atoms with Crippen molar-refractivity contribution in [2.45, 2.75) is 82.4 Å². The second-order valence-electron chi connectivity index (χ2n) is 8.11. The first kappa shape index (κ1) is 21.7. The number of likely N-dealkylation sites (N-methyl/N-ethyl adjacent to an activating group) is 1. The van der Waals surface area contributed by atoms with Gasteiger partial charge in [-0.3, -0.25) is 14.5 Å². The molecule has 0 unspecified atom stereocenters. The fourth-order valence-corrected chi connectivity index (χ4v) is 4.65. The van der Waals surface area contributed by atoms with Gasteiger partial charge in [0.25, 0.3) is 0 Å². The van der Waals surface area contributed by atoms with E-state index in [0.29, 0.717) is 13.0 Å². The molecule has 0 aliphatic carbocycles. The Morgan fingerprint density at radius 3 is 2.62 bits per heavy atom. The van der Waals surface area contributed by atoms with Crippen molar-refractivity contribution in [1.82, 2.24) is 20.9 Å². The van der Waals surface area contributed by atoms with E-state index in [4.69, 9.17) is 0 Å². The molecule has 2 aliphatic rings. The summed E-state index contributed by atoms with van der Waals surface area (Å²) in [7, 11) is 1.76. The molecule has 2 fully saturated rings. The van der Waals surface area contributed by atoms with Gasteiger partial charge in [-0.15, -0.1) is 0 Å². The van der Waals surface area contributed by atoms with E-state index in [2.05, 4.69) is 16.0 Å². The lowest BCUT2D eigenvalue weighted by Crippen LogP contribution is -2.58. The van der Waals surface area contributed by atoms with Crippen molar-refractivity contribution in [2.24, 2.45) is 0 Å². The van der Waals surface area contributed by atoms with Crippen molar-refractivity contribution in [1.29, 1.82) is 0 Å². The molecular weight excluding hydrogens is 368 g/mol. The van der Waals surface area contributed by atoms with E-state index >= 15 is 0 Å². The number of aliphatic hydroxyl groups excluding tert-OH is 1. The number of fused-ring (bicyclic) bond motifs is 1. The molecule has 7 nitrogen and oxygen atoms in total. The van der Waals surface area contributed by atoms with Crippen LogP contribution in [0.4, 0.5) is 0 Å². The fourth-order valence-electron chi connectivity index (χ4n) is 4.65. The molecular formula is C22H34N4O3. The van der Waals surface area contributed by atoms with Gasteiger partial charge in [0.15, 0.2) is 0 Å². The maximum atomic E-state index is 12.9. The third-order valence-electron chi connectivity index (χ3n) is 6.29. The first-order chi connectivity index (χ1) is 14.0. The Labute approximate surface area is 173 Å². The van der Waals surface area contributed by atoms with Crippen molar-refractivity contribution in [3.63, 3.8) is 0 Å². The largest absolute Gasteiger partial charge is 0.376 e. The number of carbonyl (C=O) groups excluding carboxylic acids is 2. The van der Waals surface area contributed by atoms with E-state index in [1.54, 1.807) is 7.05 Å². The number of nitrogens with one attached hydrogen (secondary N) is 3. The van der Waals surface area contributed by atoms with Gasteiger partial charge in [0.2, 0.25) is 11.8 Å². The quantitative estimate of drug-likeness (QED) is 0.548. The van der Waals surface area contributed by atoms with E-state index in [0.717, 1.165) is 37.7 Å². The highest BCUT2D eigenvalue weighted by Gasteiger charge is 2.45. The summed E-state index contributed by atoms with van der Waals surface area (Å²) in [5.41, 5.74) is 1.05. The van der Waals surface area contributed by atoms with Gasteiger partial charge in [0, 0.05) is 12.6 Å². The molecule has 2 saturated heterocycles. The zero-order valence-corrected chi connectivity index (χ0v) is 17.4. The highest BCUT2D eigenvalue weighted by Crippen LogP contribution is 2.33. The molecule has 0 radical (unpaired) electrons. The maximum absolute atomic E-state index is 12.9. The monoisotopic (exact) mass is 402 g/mol. The molecule has 5 atom stereocenters. The molecule has 0 aromatic heterocycles. The van der Waals surface area contributed by atoms with Crippen molar-refractivity contribution in [3.8, 4) is 0 Å². The summed E-state index contributed by atoms with van der Waals surface area (Å²) in [6.45, 7) is 2.43. The molecule has 29 heavy (non-hydrogen) atoms. The van der Waals surface area contributed by atoms with Crippen LogP contribution in [0.15, 0.2) is 30.3 Å². The number of benzene rings is 1. The predicted molar refractivity (Wildman–Crippen MR) is 112 cm³/mol. The number of nitrogens with zero attached hydrogens (tertiary/aromatic N) is 1. The van der Waals surface area contributed by atoms with E-state index in [1.165, 1.54) is 0 Å². The number of rotatable bonds is 7. The smallest absolute Gasteiger partial charge is 0.237 e. The van der Waals surface area contributed by atoms with E-state index < -0.39 is 6.23 Å². The van der Waals surface area contributed by atoms with Crippen molar-refractivity contribution >= 4 is 11.8 Å². The second-order valence-corrected chi connectivity index (χ2v) is 8.11. The molecule has 1 aromatic rings. The van der Waals surface area contributed by atoms with Crippen LogP contribution in [0.5, 0.6) is 0 Å². The maximum Gasteiger partial charge on any atom is 0.237 e. The average molecular weight is 403 g/mol.